The molecule has 0 aromatic heterocycles. The van der Waals surface area contributed by atoms with Crippen LogP contribution in [-0.2, 0) is 10.3 Å². The van der Waals surface area contributed by atoms with Gasteiger partial charge in [-0.05, 0) is 36.4 Å². The molecule has 0 saturated carbocycles. The highest BCUT2D eigenvalue weighted by molar-refractivity contribution is 5.97. The summed E-state index contributed by atoms with van der Waals surface area (Å²) in [4.78, 5) is 17.0. The zero-order valence-corrected chi connectivity index (χ0v) is 17.1. The summed E-state index contributed by atoms with van der Waals surface area (Å²) in [5, 5.41) is 0. The number of esters is 1. The normalized spacial score (nSPS) is 17.6. The number of carbonyl (C=O) groups is 1. The van der Waals surface area contributed by atoms with E-state index in [0.717, 1.165) is 28.1 Å². The van der Waals surface area contributed by atoms with E-state index in [1.807, 2.05) is 105 Å². The van der Waals surface area contributed by atoms with Gasteiger partial charge >= 0.3 is 5.97 Å². The van der Waals surface area contributed by atoms with Crippen LogP contribution >= 0.6 is 0 Å². The Hall–Kier alpha value is -3.47. The number of ether oxygens (including phenoxy) is 1. The number of rotatable bonds is 4. The summed E-state index contributed by atoms with van der Waals surface area (Å²) in [6.45, 7) is 0. The molecule has 3 aromatic carbocycles. The van der Waals surface area contributed by atoms with E-state index in [-0.39, 0.29) is 5.97 Å². The van der Waals surface area contributed by atoms with Crippen LogP contribution < -0.4 is 15.5 Å². The van der Waals surface area contributed by atoms with E-state index >= 15 is 0 Å². The first-order valence-electron chi connectivity index (χ1n) is 9.52. The maximum atomic E-state index is 13.0. The molecule has 0 saturated heterocycles. The molecule has 0 aliphatic carbocycles. The lowest BCUT2D eigenvalue weighted by Gasteiger charge is -2.31. The van der Waals surface area contributed by atoms with Crippen molar-refractivity contribution in [2.45, 2.75) is 5.60 Å². The van der Waals surface area contributed by atoms with Crippen molar-refractivity contribution < 1.29 is 9.53 Å². The minimum atomic E-state index is -1.00. The minimum Gasteiger partial charge on any atom is -0.441 e. The molecule has 29 heavy (non-hydrogen) atoms. The van der Waals surface area contributed by atoms with Gasteiger partial charge in [-0.3, -0.25) is 0 Å². The fourth-order valence-electron chi connectivity index (χ4n) is 3.84. The molecule has 1 aliphatic rings. The summed E-state index contributed by atoms with van der Waals surface area (Å²) in [6, 6.07) is 21.5. The number of hydrogen-bond donors (Lipinski definition) is 1. The Morgan fingerprint density at radius 2 is 1.28 bits per heavy atom. The first-order chi connectivity index (χ1) is 13.8. The Morgan fingerprint density at radius 3 is 1.83 bits per heavy atom. The van der Waals surface area contributed by atoms with Crippen LogP contribution in [0.15, 0.2) is 66.7 Å². The lowest BCUT2D eigenvalue weighted by atomic mass is 9.79. The van der Waals surface area contributed by atoms with Crippen molar-refractivity contribution in [3.63, 3.8) is 0 Å². The van der Waals surface area contributed by atoms with Crippen molar-refractivity contribution in [3.05, 3.63) is 89.0 Å². The maximum Gasteiger partial charge on any atom is 0.340 e. The summed E-state index contributed by atoms with van der Waals surface area (Å²) < 4.78 is 6.15. The Labute approximate surface area is 171 Å². The molecular weight excluding hydrogens is 362 g/mol. The number of anilines is 3. The molecule has 2 N–H and O–H groups in total. The third-order valence-electron chi connectivity index (χ3n) is 5.47. The molecule has 5 heteroatoms. The average molecular weight is 387 g/mol. The molecule has 0 bridgehead atoms. The van der Waals surface area contributed by atoms with Crippen LogP contribution in [0.25, 0.3) is 0 Å². The van der Waals surface area contributed by atoms with Gasteiger partial charge < -0.3 is 20.3 Å². The number of carbonyl (C=O) groups excluding carboxylic acids is 1. The summed E-state index contributed by atoms with van der Waals surface area (Å²) in [6.07, 6.45) is 0. The zero-order chi connectivity index (χ0) is 20.8. The van der Waals surface area contributed by atoms with Gasteiger partial charge in [-0.1, -0.05) is 30.3 Å². The maximum absolute atomic E-state index is 13.0. The van der Waals surface area contributed by atoms with Crippen LogP contribution in [0, 0.1) is 0 Å². The van der Waals surface area contributed by atoms with E-state index in [1.165, 1.54) is 0 Å². The second-order valence-corrected chi connectivity index (χ2v) is 7.76. The van der Waals surface area contributed by atoms with E-state index in [1.54, 1.807) is 0 Å². The van der Waals surface area contributed by atoms with Gasteiger partial charge in [0.15, 0.2) is 5.60 Å². The summed E-state index contributed by atoms with van der Waals surface area (Å²) in [7, 11) is 7.90. The molecule has 0 amide bonds. The third kappa shape index (κ3) is 2.99. The molecule has 1 atom stereocenters. The standard InChI is InChI=1S/C24H25N3O2/c1-26(2)19-11-7-17(8-12-19)24(16-5-9-18(25)10-6-16)22-14-13-20(27(3)4)15-21(22)23(28)29-24/h5-15H,25H2,1-4H3. The Morgan fingerprint density at radius 1 is 0.759 bits per heavy atom. The van der Waals surface area contributed by atoms with Crippen molar-refractivity contribution >= 4 is 23.0 Å². The molecule has 5 nitrogen and oxygen atoms in total. The Bertz CT molecular complexity index is 1060. The molecule has 1 unspecified atom stereocenters. The number of fused-ring (bicyclic) bond motifs is 1. The van der Waals surface area contributed by atoms with Gasteiger partial charge in [0.1, 0.15) is 0 Å². The predicted molar refractivity (Wildman–Crippen MR) is 118 cm³/mol. The van der Waals surface area contributed by atoms with Gasteiger partial charge in [-0.25, -0.2) is 4.79 Å². The third-order valence-corrected chi connectivity index (χ3v) is 5.47. The molecule has 0 fully saturated rings. The highest BCUT2D eigenvalue weighted by Crippen LogP contribution is 2.48. The van der Waals surface area contributed by atoms with Crippen LogP contribution in [-0.4, -0.2) is 34.2 Å². The van der Waals surface area contributed by atoms with Gasteiger partial charge in [0.2, 0.25) is 0 Å². The van der Waals surface area contributed by atoms with Crippen molar-refractivity contribution in [1.29, 1.82) is 0 Å². The van der Waals surface area contributed by atoms with Crippen molar-refractivity contribution in [1.82, 2.24) is 0 Å². The van der Waals surface area contributed by atoms with Gasteiger partial charge in [0, 0.05) is 61.9 Å². The molecule has 148 valence electrons. The summed E-state index contributed by atoms with van der Waals surface area (Å²) in [5.74, 6) is -0.322. The second kappa shape index (κ2) is 6.85. The smallest absolute Gasteiger partial charge is 0.340 e. The number of cyclic esters (lactones) is 1. The second-order valence-electron chi connectivity index (χ2n) is 7.76. The van der Waals surface area contributed by atoms with Crippen LogP contribution in [0.1, 0.15) is 27.0 Å². The minimum absolute atomic E-state index is 0.322. The van der Waals surface area contributed by atoms with E-state index in [9.17, 15) is 4.79 Å². The van der Waals surface area contributed by atoms with Crippen molar-refractivity contribution in [2.24, 2.45) is 0 Å². The summed E-state index contributed by atoms with van der Waals surface area (Å²) in [5.41, 5.74) is 10.8. The Kier molecular flexibility index (Phi) is 4.46. The molecule has 1 heterocycles. The van der Waals surface area contributed by atoms with E-state index in [0.29, 0.717) is 11.3 Å². The topological polar surface area (TPSA) is 58.8 Å². The first-order valence-corrected chi connectivity index (χ1v) is 9.52. The van der Waals surface area contributed by atoms with Crippen LogP contribution in [0.3, 0.4) is 0 Å². The quantitative estimate of drug-likeness (QED) is 0.544. The number of nitrogens with zero attached hydrogens (tertiary/aromatic N) is 2. The fourth-order valence-corrected chi connectivity index (χ4v) is 3.84. The monoisotopic (exact) mass is 387 g/mol. The van der Waals surface area contributed by atoms with Gasteiger partial charge in [-0.2, -0.15) is 0 Å². The summed E-state index contributed by atoms with van der Waals surface area (Å²) >= 11 is 0. The van der Waals surface area contributed by atoms with E-state index in [4.69, 9.17) is 10.5 Å². The highest BCUT2D eigenvalue weighted by atomic mass is 16.6. The van der Waals surface area contributed by atoms with Crippen LogP contribution in [0.5, 0.6) is 0 Å². The number of nitrogens with two attached hydrogens (primary N) is 1. The van der Waals surface area contributed by atoms with Crippen LogP contribution in [0.4, 0.5) is 17.1 Å². The average Bonchev–Trinajstić information content (AvgIpc) is 3.01. The Balaban J connectivity index is 1.96. The first kappa shape index (κ1) is 18.9. The predicted octanol–water partition coefficient (Wildman–Crippen LogP) is 3.86. The van der Waals surface area contributed by atoms with E-state index < -0.39 is 5.60 Å². The van der Waals surface area contributed by atoms with Gasteiger partial charge in [-0.15, -0.1) is 0 Å². The molecular formula is C24H25N3O2. The molecule has 3 aromatic rings. The fraction of sp³-hybridized carbons (Fsp3) is 0.208. The number of hydrogen-bond acceptors (Lipinski definition) is 5. The van der Waals surface area contributed by atoms with E-state index in [2.05, 4.69) is 0 Å². The molecule has 1 aliphatic heterocycles. The van der Waals surface area contributed by atoms with Crippen molar-refractivity contribution in [2.75, 3.05) is 43.7 Å². The molecule has 0 spiro atoms. The SMILES string of the molecule is CN(C)c1ccc(C2(c3ccc(N)cc3)OC(=O)c3cc(N(C)C)ccc32)cc1. The molecule has 0 radical (unpaired) electrons. The lowest BCUT2D eigenvalue weighted by Crippen LogP contribution is -2.29. The van der Waals surface area contributed by atoms with Gasteiger partial charge in [0.25, 0.3) is 0 Å². The lowest BCUT2D eigenvalue weighted by molar-refractivity contribution is 0.0251. The van der Waals surface area contributed by atoms with Gasteiger partial charge in [0.05, 0.1) is 5.56 Å². The molecule has 4 rings (SSSR count). The number of nitrogen functional groups attached to an aromatic ring is 1. The number of benzene rings is 3. The zero-order valence-electron chi connectivity index (χ0n) is 17.1. The largest absolute Gasteiger partial charge is 0.441 e. The van der Waals surface area contributed by atoms with Crippen LogP contribution in [0.2, 0.25) is 0 Å². The van der Waals surface area contributed by atoms with Crippen molar-refractivity contribution in [3.8, 4) is 0 Å². The highest BCUT2D eigenvalue weighted by Gasteiger charge is 2.48.